The Hall–Kier alpha value is -0.120. The third-order valence-electron chi connectivity index (χ3n) is 4.03. The molecule has 0 spiro atoms. The molecule has 2 aliphatic heterocycles. The van der Waals surface area contributed by atoms with Gasteiger partial charge in [0.2, 0.25) is 0 Å². The standard InChI is InChI=1S/C14H28N2O/c1-12(2)17-11-5-8-15-13-7-10-16-9-4-3-6-14(13)16/h12-15H,3-11H2,1-2H3. The SMILES string of the molecule is CC(C)OCCCNC1CCN2CCCCC12. The topological polar surface area (TPSA) is 24.5 Å². The molecule has 0 aromatic heterocycles. The summed E-state index contributed by atoms with van der Waals surface area (Å²) in [5, 5.41) is 3.73. The Labute approximate surface area is 106 Å². The van der Waals surface area contributed by atoms with Crippen LogP contribution in [0.1, 0.15) is 46.0 Å². The van der Waals surface area contributed by atoms with Gasteiger partial charge >= 0.3 is 0 Å². The molecule has 0 saturated carbocycles. The maximum absolute atomic E-state index is 5.56. The third-order valence-corrected chi connectivity index (χ3v) is 4.03. The number of hydrogen-bond acceptors (Lipinski definition) is 3. The zero-order valence-corrected chi connectivity index (χ0v) is 11.5. The highest BCUT2D eigenvalue weighted by molar-refractivity contribution is 4.93. The number of rotatable bonds is 6. The van der Waals surface area contributed by atoms with Crippen molar-refractivity contribution in [3.8, 4) is 0 Å². The highest BCUT2D eigenvalue weighted by Crippen LogP contribution is 2.26. The minimum Gasteiger partial charge on any atom is -0.379 e. The lowest BCUT2D eigenvalue weighted by atomic mass is 9.99. The molecule has 0 radical (unpaired) electrons. The van der Waals surface area contributed by atoms with Crippen LogP contribution >= 0.6 is 0 Å². The summed E-state index contributed by atoms with van der Waals surface area (Å²) in [6, 6.07) is 1.57. The van der Waals surface area contributed by atoms with Crippen LogP contribution in [-0.4, -0.2) is 49.3 Å². The number of nitrogens with one attached hydrogen (secondary N) is 1. The Morgan fingerprint density at radius 1 is 1.24 bits per heavy atom. The molecule has 3 heteroatoms. The fourth-order valence-electron chi connectivity index (χ4n) is 3.16. The lowest BCUT2D eigenvalue weighted by Gasteiger charge is -2.32. The molecule has 2 atom stereocenters. The van der Waals surface area contributed by atoms with E-state index < -0.39 is 0 Å². The zero-order valence-electron chi connectivity index (χ0n) is 11.5. The molecule has 2 unspecified atom stereocenters. The molecule has 0 bridgehead atoms. The normalized spacial score (nSPS) is 29.8. The van der Waals surface area contributed by atoms with Crippen LogP contribution in [0.3, 0.4) is 0 Å². The first-order chi connectivity index (χ1) is 8.27. The summed E-state index contributed by atoms with van der Waals surface area (Å²) >= 11 is 0. The summed E-state index contributed by atoms with van der Waals surface area (Å²) in [6.07, 6.45) is 7.09. The summed E-state index contributed by atoms with van der Waals surface area (Å²) < 4.78 is 5.56. The van der Waals surface area contributed by atoms with Crippen molar-refractivity contribution in [1.82, 2.24) is 10.2 Å². The fraction of sp³-hybridized carbons (Fsp3) is 1.00. The van der Waals surface area contributed by atoms with Crippen LogP contribution in [0, 0.1) is 0 Å². The van der Waals surface area contributed by atoms with E-state index in [0.717, 1.165) is 31.7 Å². The highest BCUT2D eigenvalue weighted by Gasteiger charge is 2.34. The first-order valence-corrected chi connectivity index (χ1v) is 7.36. The molecule has 2 fully saturated rings. The van der Waals surface area contributed by atoms with Gasteiger partial charge in [0.25, 0.3) is 0 Å². The zero-order chi connectivity index (χ0) is 12.1. The van der Waals surface area contributed by atoms with Gasteiger partial charge in [-0.05, 0) is 52.6 Å². The predicted molar refractivity (Wildman–Crippen MR) is 71.3 cm³/mol. The third kappa shape index (κ3) is 3.94. The number of hydrogen-bond donors (Lipinski definition) is 1. The summed E-state index contributed by atoms with van der Waals surface area (Å²) in [6.45, 7) is 8.85. The van der Waals surface area contributed by atoms with Gasteiger partial charge in [0.15, 0.2) is 0 Å². The number of nitrogens with zero attached hydrogens (tertiary/aromatic N) is 1. The number of ether oxygens (including phenoxy) is 1. The molecule has 0 aromatic carbocycles. The second kappa shape index (κ2) is 6.72. The van der Waals surface area contributed by atoms with Crippen molar-refractivity contribution < 1.29 is 4.74 Å². The van der Waals surface area contributed by atoms with Crippen molar-refractivity contribution in [1.29, 1.82) is 0 Å². The van der Waals surface area contributed by atoms with E-state index in [4.69, 9.17) is 4.74 Å². The van der Waals surface area contributed by atoms with Crippen LogP contribution in [0.4, 0.5) is 0 Å². The Morgan fingerprint density at radius 2 is 2.12 bits per heavy atom. The average Bonchev–Trinajstić information content (AvgIpc) is 2.72. The van der Waals surface area contributed by atoms with Crippen LogP contribution in [0.25, 0.3) is 0 Å². The molecule has 2 rings (SSSR count). The summed E-state index contributed by atoms with van der Waals surface area (Å²) in [4.78, 5) is 2.69. The molecule has 0 amide bonds. The second-order valence-electron chi connectivity index (χ2n) is 5.72. The van der Waals surface area contributed by atoms with E-state index in [9.17, 15) is 0 Å². The van der Waals surface area contributed by atoms with Crippen molar-refractivity contribution in [2.24, 2.45) is 0 Å². The van der Waals surface area contributed by atoms with E-state index in [1.54, 1.807) is 0 Å². The largest absolute Gasteiger partial charge is 0.379 e. The molecule has 1 N–H and O–H groups in total. The monoisotopic (exact) mass is 240 g/mol. The molecule has 2 saturated heterocycles. The second-order valence-corrected chi connectivity index (χ2v) is 5.72. The smallest absolute Gasteiger partial charge is 0.0518 e. The summed E-state index contributed by atoms with van der Waals surface area (Å²) in [5.74, 6) is 0. The molecular weight excluding hydrogens is 212 g/mol. The summed E-state index contributed by atoms with van der Waals surface area (Å²) in [7, 11) is 0. The van der Waals surface area contributed by atoms with Crippen LogP contribution in [-0.2, 0) is 4.74 Å². The molecule has 0 aliphatic carbocycles. The van der Waals surface area contributed by atoms with Gasteiger partial charge in [-0.1, -0.05) is 6.42 Å². The molecule has 17 heavy (non-hydrogen) atoms. The molecule has 2 heterocycles. The van der Waals surface area contributed by atoms with Gasteiger partial charge in [0.05, 0.1) is 6.10 Å². The van der Waals surface area contributed by atoms with Crippen LogP contribution in [0.15, 0.2) is 0 Å². The highest BCUT2D eigenvalue weighted by atomic mass is 16.5. The molecule has 3 nitrogen and oxygen atoms in total. The van der Waals surface area contributed by atoms with Gasteiger partial charge in [-0.15, -0.1) is 0 Å². The van der Waals surface area contributed by atoms with Gasteiger partial charge in [0.1, 0.15) is 0 Å². The Bertz CT molecular complexity index is 220. The lowest BCUT2D eigenvalue weighted by Crippen LogP contribution is -2.45. The lowest BCUT2D eigenvalue weighted by molar-refractivity contribution is 0.0762. The number of fused-ring (bicyclic) bond motifs is 1. The first-order valence-electron chi connectivity index (χ1n) is 7.36. The van der Waals surface area contributed by atoms with Crippen molar-refractivity contribution in [3.05, 3.63) is 0 Å². The van der Waals surface area contributed by atoms with Crippen molar-refractivity contribution in [2.75, 3.05) is 26.2 Å². The Kier molecular flexibility index (Phi) is 5.26. The Morgan fingerprint density at radius 3 is 2.94 bits per heavy atom. The van der Waals surface area contributed by atoms with Crippen LogP contribution < -0.4 is 5.32 Å². The summed E-state index contributed by atoms with van der Waals surface area (Å²) in [5.41, 5.74) is 0. The van der Waals surface area contributed by atoms with Gasteiger partial charge < -0.3 is 10.1 Å². The quantitative estimate of drug-likeness (QED) is 0.719. The van der Waals surface area contributed by atoms with Gasteiger partial charge in [0, 0.05) is 25.2 Å². The molecule has 0 aromatic rings. The van der Waals surface area contributed by atoms with E-state index in [1.165, 1.54) is 38.8 Å². The van der Waals surface area contributed by atoms with Crippen molar-refractivity contribution >= 4 is 0 Å². The van der Waals surface area contributed by atoms with Crippen LogP contribution in [0.5, 0.6) is 0 Å². The predicted octanol–water partition coefficient (Wildman–Crippen LogP) is 2.02. The van der Waals surface area contributed by atoms with E-state index in [-0.39, 0.29) is 0 Å². The fourth-order valence-corrected chi connectivity index (χ4v) is 3.16. The van der Waals surface area contributed by atoms with Gasteiger partial charge in [-0.3, -0.25) is 4.90 Å². The van der Waals surface area contributed by atoms with Crippen LogP contribution in [0.2, 0.25) is 0 Å². The van der Waals surface area contributed by atoms with E-state index in [1.807, 2.05) is 0 Å². The van der Waals surface area contributed by atoms with Crippen molar-refractivity contribution in [2.45, 2.75) is 64.1 Å². The molecule has 100 valence electrons. The first kappa shape index (κ1) is 13.3. The minimum absolute atomic E-state index is 0.371. The van der Waals surface area contributed by atoms with E-state index >= 15 is 0 Å². The molecule has 2 aliphatic rings. The Balaban J connectivity index is 1.59. The maximum atomic E-state index is 5.56. The van der Waals surface area contributed by atoms with Gasteiger partial charge in [-0.2, -0.15) is 0 Å². The van der Waals surface area contributed by atoms with Crippen molar-refractivity contribution in [3.63, 3.8) is 0 Å². The minimum atomic E-state index is 0.371. The van der Waals surface area contributed by atoms with E-state index in [0.29, 0.717) is 6.10 Å². The van der Waals surface area contributed by atoms with Gasteiger partial charge in [-0.25, -0.2) is 0 Å². The number of piperidine rings is 1. The average molecular weight is 240 g/mol. The van der Waals surface area contributed by atoms with E-state index in [2.05, 4.69) is 24.1 Å². The molecular formula is C14H28N2O. The maximum Gasteiger partial charge on any atom is 0.0518 e.